The van der Waals surface area contributed by atoms with E-state index in [9.17, 15) is 4.39 Å². The van der Waals surface area contributed by atoms with Crippen LogP contribution in [0.2, 0.25) is 0 Å². The number of hydrogen-bond acceptors (Lipinski definition) is 6. The molecule has 0 amide bonds. The Morgan fingerprint density at radius 2 is 1.85 bits per heavy atom. The predicted molar refractivity (Wildman–Crippen MR) is 101 cm³/mol. The second kappa shape index (κ2) is 7.17. The number of rotatable bonds is 4. The molecule has 3 heterocycles. The third-order valence-electron chi connectivity index (χ3n) is 4.84. The van der Waals surface area contributed by atoms with E-state index < -0.39 is 0 Å². The molecular formula is C19H21FN4OS. The second-order valence-electron chi connectivity index (χ2n) is 6.59. The molecule has 1 saturated heterocycles. The molecule has 136 valence electrons. The summed E-state index contributed by atoms with van der Waals surface area (Å²) in [4.78, 5) is 9.49. The van der Waals surface area contributed by atoms with Crippen molar-refractivity contribution in [3.05, 3.63) is 52.5 Å². The summed E-state index contributed by atoms with van der Waals surface area (Å²) in [6.45, 7) is 8.70. The molecule has 0 spiro atoms. The monoisotopic (exact) mass is 372 g/mol. The maximum Gasteiger partial charge on any atom is 0.185 e. The maximum absolute atomic E-state index is 13.1. The minimum absolute atomic E-state index is 0.223. The first-order valence-corrected chi connectivity index (χ1v) is 9.58. The highest BCUT2D eigenvalue weighted by atomic mass is 32.1. The fourth-order valence-electron chi connectivity index (χ4n) is 3.21. The zero-order valence-corrected chi connectivity index (χ0v) is 15.7. The second-order valence-corrected chi connectivity index (χ2v) is 7.42. The fraction of sp³-hybridized carbons (Fsp3) is 0.368. The van der Waals surface area contributed by atoms with Gasteiger partial charge in [0.1, 0.15) is 11.6 Å². The van der Waals surface area contributed by atoms with Crippen LogP contribution in [0.15, 0.2) is 34.2 Å². The Labute approximate surface area is 156 Å². The van der Waals surface area contributed by atoms with Crippen LogP contribution in [0.25, 0.3) is 11.3 Å². The average molecular weight is 372 g/mol. The molecule has 4 rings (SSSR count). The Bertz CT molecular complexity index is 862. The smallest absolute Gasteiger partial charge is 0.185 e. The molecule has 0 atom stereocenters. The summed E-state index contributed by atoms with van der Waals surface area (Å²) >= 11 is 1.64. The number of anilines is 1. The standard InChI is InChI=1S/C19H21FN4OS/c1-13-17(14(2)25-22-13)11-23-7-9-24(10-8-23)19-21-18(12-26-19)15-3-5-16(20)6-4-15/h3-6,12H,7-11H2,1-2H3. The third-order valence-corrected chi connectivity index (χ3v) is 5.74. The quantitative estimate of drug-likeness (QED) is 0.696. The molecule has 7 heteroatoms. The van der Waals surface area contributed by atoms with E-state index in [1.165, 1.54) is 17.7 Å². The van der Waals surface area contributed by atoms with Crippen molar-refractivity contribution >= 4 is 16.5 Å². The van der Waals surface area contributed by atoms with Gasteiger partial charge < -0.3 is 9.42 Å². The van der Waals surface area contributed by atoms with Crippen molar-refractivity contribution < 1.29 is 8.91 Å². The van der Waals surface area contributed by atoms with Crippen LogP contribution in [0.3, 0.4) is 0 Å². The first-order valence-electron chi connectivity index (χ1n) is 8.70. The topological polar surface area (TPSA) is 45.4 Å². The fourth-order valence-corrected chi connectivity index (χ4v) is 4.10. The first kappa shape index (κ1) is 17.2. The lowest BCUT2D eigenvalue weighted by Gasteiger charge is -2.34. The summed E-state index contributed by atoms with van der Waals surface area (Å²) in [5.74, 6) is 0.687. The number of aryl methyl sites for hydroxylation is 2. The molecule has 1 aliphatic rings. The number of benzene rings is 1. The molecule has 0 N–H and O–H groups in total. The van der Waals surface area contributed by atoms with Crippen LogP contribution in [0.1, 0.15) is 17.0 Å². The minimum Gasteiger partial charge on any atom is -0.361 e. The number of halogens is 1. The first-order chi connectivity index (χ1) is 12.6. The Morgan fingerprint density at radius 1 is 1.12 bits per heavy atom. The molecule has 0 aliphatic carbocycles. The Hall–Kier alpha value is -2.25. The van der Waals surface area contributed by atoms with Gasteiger partial charge in [-0.1, -0.05) is 5.16 Å². The van der Waals surface area contributed by atoms with Crippen LogP contribution >= 0.6 is 11.3 Å². The highest BCUT2D eigenvalue weighted by Crippen LogP contribution is 2.28. The van der Waals surface area contributed by atoms with E-state index in [0.717, 1.165) is 60.6 Å². The van der Waals surface area contributed by atoms with Crippen LogP contribution in [-0.2, 0) is 6.54 Å². The van der Waals surface area contributed by atoms with Gasteiger partial charge in [0.25, 0.3) is 0 Å². The molecule has 1 fully saturated rings. The summed E-state index contributed by atoms with van der Waals surface area (Å²) in [5.41, 5.74) is 4.04. The molecule has 1 aromatic carbocycles. The van der Waals surface area contributed by atoms with Crippen molar-refractivity contribution in [2.75, 3.05) is 31.1 Å². The van der Waals surface area contributed by atoms with Gasteiger partial charge >= 0.3 is 0 Å². The Balaban J connectivity index is 1.38. The summed E-state index contributed by atoms with van der Waals surface area (Å²) < 4.78 is 18.3. The van der Waals surface area contributed by atoms with E-state index in [-0.39, 0.29) is 5.82 Å². The molecule has 0 saturated carbocycles. The van der Waals surface area contributed by atoms with Gasteiger partial charge in [0.2, 0.25) is 0 Å². The van der Waals surface area contributed by atoms with Gasteiger partial charge in [-0.2, -0.15) is 0 Å². The summed E-state index contributed by atoms with van der Waals surface area (Å²) in [6.07, 6.45) is 0. The number of aromatic nitrogens is 2. The van der Waals surface area contributed by atoms with E-state index in [0.29, 0.717) is 0 Å². The molecule has 1 aliphatic heterocycles. The Morgan fingerprint density at radius 3 is 2.50 bits per heavy atom. The lowest BCUT2D eigenvalue weighted by Crippen LogP contribution is -2.46. The molecule has 5 nitrogen and oxygen atoms in total. The van der Waals surface area contributed by atoms with Crippen LogP contribution in [-0.4, -0.2) is 41.2 Å². The van der Waals surface area contributed by atoms with Gasteiger partial charge in [0, 0.05) is 49.2 Å². The molecule has 26 heavy (non-hydrogen) atoms. The minimum atomic E-state index is -0.223. The lowest BCUT2D eigenvalue weighted by molar-refractivity contribution is 0.248. The van der Waals surface area contributed by atoms with E-state index in [1.54, 1.807) is 23.5 Å². The van der Waals surface area contributed by atoms with E-state index in [1.807, 2.05) is 19.2 Å². The lowest BCUT2D eigenvalue weighted by atomic mass is 10.2. The number of hydrogen-bond donors (Lipinski definition) is 0. The van der Waals surface area contributed by atoms with Crippen LogP contribution in [0.5, 0.6) is 0 Å². The SMILES string of the molecule is Cc1noc(C)c1CN1CCN(c2nc(-c3ccc(F)cc3)cs2)CC1. The molecule has 3 aromatic rings. The van der Waals surface area contributed by atoms with Gasteiger partial charge in [0.15, 0.2) is 5.13 Å². The largest absolute Gasteiger partial charge is 0.361 e. The van der Waals surface area contributed by atoms with Gasteiger partial charge in [-0.15, -0.1) is 11.3 Å². The molecule has 0 unspecified atom stereocenters. The zero-order valence-electron chi connectivity index (χ0n) is 14.9. The van der Waals surface area contributed by atoms with Gasteiger partial charge in [-0.3, -0.25) is 4.90 Å². The van der Waals surface area contributed by atoms with Crippen molar-refractivity contribution in [2.24, 2.45) is 0 Å². The Kier molecular flexibility index (Phi) is 4.74. The number of nitrogens with zero attached hydrogens (tertiary/aromatic N) is 4. The van der Waals surface area contributed by atoms with Crippen molar-refractivity contribution in [3.8, 4) is 11.3 Å². The summed E-state index contributed by atoms with van der Waals surface area (Å²) in [5, 5.41) is 7.11. The molecule has 2 aromatic heterocycles. The van der Waals surface area contributed by atoms with Crippen LogP contribution < -0.4 is 4.90 Å². The highest BCUT2D eigenvalue weighted by molar-refractivity contribution is 7.14. The maximum atomic E-state index is 13.1. The van der Waals surface area contributed by atoms with Gasteiger partial charge in [0.05, 0.1) is 11.4 Å². The zero-order chi connectivity index (χ0) is 18.1. The van der Waals surface area contributed by atoms with Crippen molar-refractivity contribution in [1.82, 2.24) is 15.0 Å². The summed E-state index contributed by atoms with van der Waals surface area (Å²) in [7, 11) is 0. The predicted octanol–water partition coefficient (Wildman–Crippen LogP) is 3.88. The van der Waals surface area contributed by atoms with E-state index in [4.69, 9.17) is 9.51 Å². The highest BCUT2D eigenvalue weighted by Gasteiger charge is 2.21. The molecular weight excluding hydrogens is 351 g/mol. The van der Waals surface area contributed by atoms with Crippen LogP contribution in [0, 0.1) is 19.7 Å². The van der Waals surface area contributed by atoms with Crippen molar-refractivity contribution in [1.29, 1.82) is 0 Å². The third kappa shape index (κ3) is 3.50. The van der Waals surface area contributed by atoms with Gasteiger partial charge in [-0.05, 0) is 38.1 Å². The van der Waals surface area contributed by atoms with Gasteiger partial charge in [-0.25, -0.2) is 9.37 Å². The van der Waals surface area contributed by atoms with E-state index >= 15 is 0 Å². The average Bonchev–Trinajstić information content (AvgIpc) is 3.26. The summed E-state index contributed by atoms with van der Waals surface area (Å²) in [6, 6.07) is 6.50. The number of piperazine rings is 1. The van der Waals surface area contributed by atoms with Crippen LogP contribution in [0.4, 0.5) is 9.52 Å². The number of thiazole rings is 1. The molecule has 0 bridgehead atoms. The van der Waals surface area contributed by atoms with E-state index in [2.05, 4.69) is 15.0 Å². The van der Waals surface area contributed by atoms with Crippen molar-refractivity contribution in [2.45, 2.75) is 20.4 Å². The van der Waals surface area contributed by atoms with Crippen molar-refractivity contribution in [3.63, 3.8) is 0 Å². The molecule has 0 radical (unpaired) electrons. The normalized spacial score (nSPS) is 15.6.